The fourth-order valence-corrected chi connectivity index (χ4v) is 2.16. The molecule has 0 radical (unpaired) electrons. The lowest BCUT2D eigenvalue weighted by molar-refractivity contribution is -0.0293. The minimum atomic E-state index is -0.189. The van der Waals surface area contributed by atoms with E-state index in [1.54, 1.807) is 0 Å². The Labute approximate surface area is 91.6 Å². The first-order valence-corrected chi connectivity index (χ1v) is 5.56. The maximum atomic E-state index is 5.90. The van der Waals surface area contributed by atoms with Crippen LogP contribution in [0.5, 0.6) is 0 Å². The zero-order valence-corrected chi connectivity index (χ0v) is 9.71. The summed E-state index contributed by atoms with van der Waals surface area (Å²) in [5.74, 6) is 0. The normalized spacial score (nSPS) is 30.7. The highest BCUT2D eigenvalue weighted by atomic mass is 16.5. The highest BCUT2D eigenvalue weighted by Crippen LogP contribution is 2.23. The second-order valence-electron chi connectivity index (χ2n) is 4.64. The van der Waals surface area contributed by atoms with Crippen LogP contribution in [0, 0.1) is 6.92 Å². The summed E-state index contributed by atoms with van der Waals surface area (Å²) in [7, 11) is 0. The molecule has 82 valence electrons. The van der Waals surface area contributed by atoms with Gasteiger partial charge in [-0.2, -0.15) is 0 Å². The largest absolute Gasteiger partial charge is 0.356 e. The number of hydrogen-bond donors (Lipinski definition) is 1. The number of benzene rings is 1. The van der Waals surface area contributed by atoms with Crippen LogP contribution in [0.25, 0.3) is 0 Å². The van der Waals surface area contributed by atoms with Crippen LogP contribution in [0.1, 0.15) is 25.0 Å². The molecule has 1 aromatic rings. The van der Waals surface area contributed by atoms with E-state index in [0.717, 1.165) is 13.0 Å². The SMILES string of the molecule is Cc1ccccc1CC1(C)NCC(C)O1. The van der Waals surface area contributed by atoms with E-state index in [-0.39, 0.29) is 5.72 Å². The lowest BCUT2D eigenvalue weighted by Crippen LogP contribution is -2.40. The molecule has 2 heteroatoms. The molecule has 15 heavy (non-hydrogen) atoms. The van der Waals surface area contributed by atoms with Crippen LogP contribution in [-0.4, -0.2) is 18.4 Å². The minimum Gasteiger partial charge on any atom is -0.356 e. The van der Waals surface area contributed by atoms with Crippen LogP contribution in [0.3, 0.4) is 0 Å². The monoisotopic (exact) mass is 205 g/mol. The van der Waals surface area contributed by atoms with E-state index in [1.807, 2.05) is 0 Å². The van der Waals surface area contributed by atoms with Crippen LogP contribution >= 0.6 is 0 Å². The predicted octanol–water partition coefficient (Wildman–Crippen LogP) is 2.26. The number of rotatable bonds is 2. The second kappa shape index (κ2) is 3.95. The molecule has 1 fully saturated rings. The van der Waals surface area contributed by atoms with E-state index >= 15 is 0 Å². The summed E-state index contributed by atoms with van der Waals surface area (Å²) in [5.41, 5.74) is 2.51. The smallest absolute Gasteiger partial charge is 0.120 e. The lowest BCUT2D eigenvalue weighted by atomic mass is 10.00. The summed E-state index contributed by atoms with van der Waals surface area (Å²) in [6, 6.07) is 8.49. The van der Waals surface area contributed by atoms with Crippen LogP contribution in [0.4, 0.5) is 0 Å². The molecule has 1 saturated heterocycles. The fraction of sp³-hybridized carbons (Fsp3) is 0.538. The van der Waals surface area contributed by atoms with Crippen LogP contribution in [-0.2, 0) is 11.2 Å². The van der Waals surface area contributed by atoms with Gasteiger partial charge in [-0.25, -0.2) is 0 Å². The molecule has 2 nitrogen and oxygen atoms in total. The number of hydrogen-bond acceptors (Lipinski definition) is 2. The van der Waals surface area contributed by atoms with Crippen molar-refractivity contribution in [2.24, 2.45) is 0 Å². The van der Waals surface area contributed by atoms with Gasteiger partial charge in [0, 0.05) is 13.0 Å². The minimum absolute atomic E-state index is 0.189. The van der Waals surface area contributed by atoms with Gasteiger partial charge in [-0.05, 0) is 31.9 Å². The lowest BCUT2D eigenvalue weighted by Gasteiger charge is -2.25. The zero-order valence-electron chi connectivity index (χ0n) is 9.71. The van der Waals surface area contributed by atoms with Crippen molar-refractivity contribution >= 4 is 0 Å². The molecular formula is C13H19NO. The first-order valence-electron chi connectivity index (χ1n) is 5.56. The molecule has 1 aliphatic rings. The molecule has 0 bridgehead atoms. The third-order valence-electron chi connectivity index (χ3n) is 3.01. The van der Waals surface area contributed by atoms with E-state index in [0.29, 0.717) is 6.10 Å². The zero-order chi connectivity index (χ0) is 10.9. The molecule has 0 spiro atoms. The Morgan fingerprint density at radius 2 is 2.20 bits per heavy atom. The van der Waals surface area contributed by atoms with E-state index in [4.69, 9.17) is 4.74 Å². The van der Waals surface area contributed by atoms with Crippen LogP contribution < -0.4 is 5.32 Å². The van der Waals surface area contributed by atoms with Gasteiger partial charge in [0.05, 0.1) is 6.10 Å². The standard InChI is InChI=1S/C13H19NO/c1-10-6-4-5-7-12(10)8-13(3)14-9-11(2)15-13/h4-7,11,14H,8-9H2,1-3H3. The fourth-order valence-electron chi connectivity index (χ4n) is 2.16. The molecule has 1 heterocycles. The van der Waals surface area contributed by atoms with Crippen molar-refractivity contribution in [3.63, 3.8) is 0 Å². The predicted molar refractivity (Wildman–Crippen MR) is 61.8 cm³/mol. The van der Waals surface area contributed by atoms with Gasteiger partial charge in [0.1, 0.15) is 5.72 Å². The van der Waals surface area contributed by atoms with Gasteiger partial charge in [0.15, 0.2) is 0 Å². The molecule has 2 unspecified atom stereocenters. The third-order valence-corrected chi connectivity index (χ3v) is 3.01. The van der Waals surface area contributed by atoms with Crippen molar-refractivity contribution < 1.29 is 4.74 Å². The van der Waals surface area contributed by atoms with Gasteiger partial charge in [0.25, 0.3) is 0 Å². The quantitative estimate of drug-likeness (QED) is 0.799. The van der Waals surface area contributed by atoms with Gasteiger partial charge in [-0.3, -0.25) is 5.32 Å². The van der Waals surface area contributed by atoms with Crippen molar-refractivity contribution in [2.45, 2.75) is 39.0 Å². The van der Waals surface area contributed by atoms with Crippen molar-refractivity contribution in [3.8, 4) is 0 Å². The summed E-state index contributed by atoms with van der Waals surface area (Å²) in [4.78, 5) is 0. The van der Waals surface area contributed by atoms with E-state index in [9.17, 15) is 0 Å². The van der Waals surface area contributed by atoms with Gasteiger partial charge < -0.3 is 4.74 Å². The Morgan fingerprint density at radius 1 is 1.47 bits per heavy atom. The third kappa shape index (κ3) is 2.39. The summed E-state index contributed by atoms with van der Waals surface area (Å²) >= 11 is 0. The summed E-state index contributed by atoms with van der Waals surface area (Å²) in [6.07, 6.45) is 1.25. The summed E-state index contributed by atoms with van der Waals surface area (Å²) < 4.78 is 5.90. The van der Waals surface area contributed by atoms with E-state index in [1.165, 1.54) is 11.1 Å². The van der Waals surface area contributed by atoms with Crippen molar-refractivity contribution in [3.05, 3.63) is 35.4 Å². The Morgan fingerprint density at radius 3 is 2.80 bits per heavy atom. The highest BCUT2D eigenvalue weighted by Gasteiger charge is 2.33. The molecule has 0 saturated carbocycles. The number of ether oxygens (including phenoxy) is 1. The molecule has 1 aliphatic heterocycles. The van der Waals surface area contributed by atoms with Gasteiger partial charge in [-0.1, -0.05) is 24.3 Å². The molecular weight excluding hydrogens is 186 g/mol. The molecule has 0 amide bonds. The number of aryl methyl sites for hydroxylation is 1. The Kier molecular flexibility index (Phi) is 2.81. The molecule has 1 aromatic carbocycles. The number of nitrogens with one attached hydrogen (secondary N) is 1. The van der Waals surface area contributed by atoms with Crippen molar-refractivity contribution in [1.82, 2.24) is 5.32 Å². The average molecular weight is 205 g/mol. The topological polar surface area (TPSA) is 21.3 Å². The van der Waals surface area contributed by atoms with Crippen LogP contribution in [0.2, 0.25) is 0 Å². The second-order valence-corrected chi connectivity index (χ2v) is 4.64. The van der Waals surface area contributed by atoms with E-state index < -0.39 is 0 Å². The average Bonchev–Trinajstić information content (AvgIpc) is 2.51. The van der Waals surface area contributed by atoms with E-state index in [2.05, 4.69) is 50.4 Å². The molecule has 2 atom stereocenters. The summed E-state index contributed by atoms with van der Waals surface area (Å²) in [6.45, 7) is 7.33. The van der Waals surface area contributed by atoms with Crippen molar-refractivity contribution in [2.75, 3.05) is 6.54 Å². The maximum absolute atomic E-state index is 5.90. The summed E-state index contributed by atoms with van der Waals surface area (Å²) in [5, 5.41) is 3.44. The molecule has 1 N–H and O–H groups in total. The van der Waals surface area contributed by atoms with Crippen molar-refractivity contribution in [1.29, 1.82) is 0 Å². The Bertz CT molecular complexity index is 350. The molecule has 0 aromatic heterocycles. The first-order chi connectivity index (χ1) is 7.09. The molecule has 2 rings (SSSR count). The maximum Gasteiger partial charge on any atom is 0.120 e. The molecule has 0 aliphatic carbocycles. The van der Waals surface area contributed by atoms with Gasteiger partial charge >= 0.3 is 0 Å². The van der Waals surface area contributed by atoms with Gasteiger partial charge in [-0.15, -0.1) is 0 Å². The Hall–Kier alpha value is -0.860. The van der Waals surface area contributed by atoms with Gasteiger partial charge in [0.2, 0.25) is 0 Å². The Balaban J connectivity index is 2.12. The van der Waals surface area contributed by atoms with Crippen LogP contribution in [0.15, 0.2) is 24.3 Å². The first kappa shape index (κ1) is 10.7. The highest BCUT2D eigenvalue weighted by molar-refractivity contribution is 5.27.